The summed E-state index contributed by atoms with van der Waals surface area (Å²) in [6, 6.07) is 20.7. The van der Waals surface area contributed by atoms with Crippen molar-refractivity contribution in [2.24, 2.45) is 0 Å². The predicted octanol–water partition coefficient (Wildman–Crippen LogP) is 5.41. The van der Waals surface area contributed by atoms with Crippen molar-refractivity contribution < 1.29 is 14.3 Å². The Morgan fingerprint density at radius 3 is 2.25 bits per heavy atom. The van der Waals surface area contributed by atoms with Crippen LogP contribution in [0.4, 0.5) is 11.4 Å². The average Bonchev–Trinajstić information content (AvgIpc) is 3.02. The molecular formula is C27H26N2O3. The minimum Gasteiger partial charge on any atom is -0.494 e. The number of nitrogens with one attached hydrogen (secondary N) is 1. The summed E-state index contributed by atoms with van der Waals surface area (Å²) in [7, 11) is 0. The summed E-state index contributed by atoms with van der Waals surface area (Å²) < 4.78 is 5.54. The number of aryl methyl sites for hydroxylation is 3. The first-order valence-electron chi connectivity index (χ1n) is 10.7. The van der Waals surface area contributed by atoms with E-state index in [1.807, 2.05) is 94.4 Å². The molecule has 0 aromatic heterocycles. The Morgan fingerprint density at radius 1 is 0.844 bits per heavy atom. The summed E-state index contributed by atoms with van der Waals surface area (Å²) >= 11 is 0. The normalized spacial score (nSPS) is 13.7. The largest absolute Gasteiger partial charge is 0.494 e. The molecule has 3 aromatic carbocycles. The van der Waals surface area contributed by atoms with Crippen LogP contribution >= 0.6 is 0 Å². The second kappa shape index (κ2) is 8.71. The molecule has 1 aliphatic rings. The van der Waals surface area contributed by atoms with Gasteiger partial charge >= 0.3 is 0 Å². The maximum Gasteiger partial charge on any atom is 0.282 e. The lowest BCUT2D eigenvalue weighted by atomic mass is 10.0. The Labute approximate surface area is 188 Å². The molecule has 1 heterocycles. The van der Waals surface area contributed by atoms with Gasteiger partial charge < -0.3 is 10.1 Å². The van der Waals surface area contributed by atoms with Gasteiger partial charge in [-0.05, 0) is 74.2 Å². The van der Waals surface area contributed by atoms with E-state index in [1.54, 1.807) is 0 Å². The van der Waals surface area contributed by atoms with Gasteiger partial charge in [-0.1, -0.05) is 42.5 Å². The molecule has 0 radical (unpaired) electrons. The zero-order valence-electron chi connectivity index (χ0n) is 18.7. The van der Waals surface area contributed by atoms with Gasteiger partial charge in [-0.25, -0.2) is 4.90 Å². The molecule has 0 saturated heterocycles. The number of amides is 2. The van der Waals surface area contributed by atoms with Crippen LogP contribution in [0.3, 0.4) is 0 Å². The Morgan fingerprint density at radius 2 is 1.56 bits per heavy atom. The van der Waals surface area contributed by atoms with Crippen LogP contribution < -0.4 is 15.0 Å². The summed E-state index contributed by atoms with van der Waals surface area (Å²) in [5, 5.41) is 3.25. The number of benzene rings is 3. The number of hydrogen-bond donors (Lipinski definition) is 1. The Hall–Kier alpha value is -3.86. The van der Waals surface area contributed by atoms with Crippen LogP contribution in [0.5, 0.6) is 5.75 Å². The Bertz CT molecular complexity index is 1230. The highest BCUT2D eigenvalue weighted by Gasteiger charge is 2.41. The Balaban J connectivity index is 1.84. The van der Waals surface area contributed by atoms with E-state index in [0.29, 0.717) is 29.2 Å². The van der Waals surface area contributed by atoms with Crippen molar-refractivity contribution >= 4 is 28.8 Å². The molecule has 1 aliphatic heterocycles. The lowest BCUT2D eigenvalue weighted by Gasteiger charge is -2.18. The number of ether oxygens (including phenoxy) is 1. The van der Waals surface area contributed by atoms with E-state index in [4.69, 9.17) is 4.74 Å². The van der Waals surface area contributed by atoms with Crippen LogP contribution in [0, 0.1) is 20.8 Å². The highest BCUT2D eigenvalue weighted by atomic mass is 16.5. The molecule has 3 aromatic rings. The van der Waals surface area contributed by atoms with Crippen molar-refractivity contribution in [2.45, 2.75) is 27.7 Å². The van der Waals surface area contributed by atoms with Gasteiger partial charge in [0, 0.05) is 5.69 Å². The number of carbonyl (C=O) groups excluding carboxylic acids is 2. The average molecular weight is 427 g/mol. The van der Waals surface area contributed by atoms with Crippen LogP contribution in [-0.2, 0) is 9.59 Å². The van der Waals surface area contributed by atoms with E-state index in [0.717, 1.165) is 22.4 Å². The summed E-state index contributed by atoms with van der Waals surface area (Å²) in [5.74, 6) is 0.00759. The maximum absolute atomic E-state index is 13.7. The van der Waals surface area contributed by atoms with Crippen LogP contribution in [0.1, 0.15) is 29.2 Å². The van der Waals surface area contributed by atoms with Gasteiger partial charge in [0.2, 0.25) is 0 Å². The fourth-order valence-electron chi connectivity index (χ4n) is 3.82. The third kappa shape index (κ3) is 3.89. The van der Waals surface area contributed by atoms with Gasteiger partial charge in [0.05, 0.1) is 17.9 Å². The molecule has 0 unspecified atom stereocenters. The van der Waals surface area contributed by atoms with Gasteiger partial charge in [-0.3, -0.25) is 9.59 Å². The molecule has 5 nitrogen and oxygen atoms in total. The van der Waals surface area contributed by atoms with E-state index in [1.165, 1.54) is 4.90 Å². The minimum atomic E-state index is -0.365. The van der Waals surface area contributed by atoms with Crippen molar-refractivity contribution in [1.29, 1.82) is 0 Å². The van der Waals surface area contributed by atoms with Crippen LogP contribution in [0.15, 0.2) is 72.4 Å². The number of imide groups is 1. The van der Waals surface area contributed by atoms with Crippen LogP contribution in [0.2, 0.25) is 0 Å². The topological polar surface area (TPSA) is 58.6 Å². The quantitative estimate of drug-likeness (QED) is 0.536. The van der Waals surface area contributed by atoms with Crippen molar-refractivity contribution in [3.63, 3.8) is 0 Å². The molecule has 2 amide bonds. The minimum absolute atomic E-state index is 0.273. The molecule has 5 heteroatoms. The first-order valence-corrected chi connectivity index (χ1v) is 10.7. The standard InChI is InChI=1S/C27H26N2O3/c1-5-32-21-14-12-20(13-15-21)24-25(28-22-9-7-6-8-18(22)3)27(31)29(26(24)30)23-16-17(2)10-11-19(23)4/h6-16,28H,5H2,1-4H3. The fourth-order valence-corrected chi connectivity index (χ4v) is 3.82. The molecule has 0 fully saturated rings. The zero-order chi connectivity index (χ0) is 22.8. The third-order valence-electron chi connectivity index (χ3n) is 5.55. The van der Waals surface area contributed by atoms with Gasteiger partial charge in [-0.15, -0.1) is 0 Å². The molecule has 0 saturated carbocycles. The number of anilines is 2. The van der Waals surface area contributed by atoms with E-state index in [9.17, 15) is 9.59 Å². The van der Waals surface area contributed by atoms with Crippen molar-refractivity contribution in [1.82, 2.24) is 0 Å². The number of rotatable bonds is 6. The van der Waals surface area contributed by atoms with Gasteiger partial charge in [-0.2, -0.15) is 0 Å². The van der Waals surface area contributed by atoms with Gasteiger partial charge in [0.15, 0.2) is 0 Å². The monoisotopic (exact) mass is 426 g/mol. The molecule has 4 rings (SSSR count). The molecule has 32 heavy (non-hydrogen) atoms. The lowest BCUT2D eigenvalue weighted by molar-refractivity contribution is -0.120. The molecule has 1 N–H and O–H groups in total. The highest BCUT2D eigenvalue weighted by Crippen LogP contribution is 2.36. The van der Waals surface area contributed by atoms with Crippen molar-refractivity contribution in [3.05, 3.63) is 94.7 Å². The first-order chi connectivity index (χ1) is 15.4. The molecule has 0 atom stereocenters. The van der Waals surface area contributed by atoms with Crippen molar-refractivity contribution in [3.8, 4) is 5.75 Å². The molecule has 0 spiro atoms. The maximum atomic E-state index is 13.7. The summed E-state index contributed by atoms with van der Waals surface area (Å²) in [6.45, 7) is 8.28. The third-order valence-corrected chi connectivity index (χ3v) is 5.55. The number of para-hydroxylation sites is 1. The number of nitrogens with zero attached hydrogens (tertiary/aromatic N) is 1. The lowest BCUT2D eigenvalue weighted by Crippen LogP contribution is -2.33. The zero-order valence-corrected chi connectivity index (χ0v) is 18.7. The summed E-state index contributed by atoms with van der Waals surface area (Å²) in [5.41, 5.74) is 5.50. The molecular weight excluding hydrogens is 400 g/mol. The Kier molecular flexibility index (Phi) is 5.82. The first kappa shape index (κ1) is 21.4. The molecule has 162 valence electrons. The van der Waals surface area contributed by atoms with Crippen LogP contribution in [-0.4, -0.2) is 18.4 Å². The molecule has 0 aliphatic carbocycles. The van der Waals surface area contributed by atoms with E-state index < -0.39 is 0 Å². The molecule has 0 bridgehead atoms. The SMILES string of the molecule is CCOc1ccc(C2=C(Nc3ccccc3C)C(=O)N(c3cc(C)ccc3C)C2=O)cc1. The second-order valence-electron chi connectivity index (χ2n) is 7.88. The van der Waals surface area contributed by atoms with Crippen LogP contribution in [0.25, 0.3) is 5.57 Å². The number of hydrogen-bond acceptors (Lipinski definition) is 4. The fraction of sp³-hybridized carbons (Fsp3) is 0.185. The number of carbonyl (C=O) groups is 2. The highest BCUT2D eigenvalue weighted by molar-refractivity contribution is 6.46. The summed E-state index contributed by atoms with van der Waals surface area (Å²) in [4.78, 5) is 28.5. The summed E-state index contributed by atoms with van der Waals surface area (Å²) in [6.07, 6.45) is 0. The van der Waals surface area contributed by atoms with E-state index in [-0.39, 0.29) is 17.5 Å². The van der Waals surface area contributed by atoms with E-state index >= 15 is 0 Å². The van der Waals surface area contributed by atoms with Gasteiger partial charge in [0.25, 0.3) is 11.8 Å². The smallest absolute Gasteiger partial charge is 0.282 e. The second-order valence-corrected chi connectivity index (χ2v) is 7.88. The van der Waals surface area contributed by atoms with Gasteiger partial charge in [0.1, 0.15) is 11.4 Å². The van der Waals surface area contributed by atoms with E-state index in [2.05, 4.69) is 5.32 Å². The predicted molar refractivity (Wildman–Crippen MR) is 128 cm³/mol. The van der Waals surface area contributed by atoms with Crippen molar-refractivity contribution in [2.75, 3.05) is 16.8 Å².